The van der Waals surface area contributed by atoms with Crippen LogP contribution in [0.2, 0.25) is 0 Å². The lowest BCUT2D eigenvalue weighted by molar-refractivity contribution is 0.0455. The maximum atomic E-state index is 5.50. The molecular weight excluding hydrogens is 206 g/mol. The monoisotopic (exact) mass is 231 g/mol. The van der Waals surface area contributed by atoms with Gasteiger partial charge in [0.25, 0.3) is 0 Å². The van der Waals surface area contributed by atoms with E-state index < -0.39 is 0 Å². The van der Waals surface area contributed by atoms with Gasteiger partial charge in [0.1, 0.15) is 0 Å². The molecule has 1 heterocycles. The number of hydrogen-bond acceptors (Lipinski definition) is 4. The second-order valence-electron chi connectivity index (χ2n) is 4.00. The molecular formula is C12H25NO3. The zero-order chi connectivity index (χ0) is 11.3. The van der Waals surface area contributed by atoms with E-state index in [-0.39, 0.29) is 0 Å². The minimum atomic E-state index is 0.707. The quantitative estimate of drug-likeness (QED) is 0.680. The molecule has 1 rings (SSSR count). The highest BCUT2D eigenvalue weighted by Crippen LogP contribution is 2.00. The van der Waals surface area contributed by atoms with E-state index in [1.807, 2.05) is 0 Å². The first-order chi connectivity index (χ1) is 8.00. The first-order valence-corrected chi connectivity index (χ1v) is 6.44. The molecule has 96 valence electrons. The minimum Gasteiger partial charge on any atom is -0.380 e. The van der Waals surface area contributed by atoms with Crippen molar-refractivity contribution >= 4 is 0 Å². The second-order valence-corrected chi connectivity index (χ2v) is 4.00. The largest absolute Gasteiger partial charge is 0.380 e. The van der Waals surface area contributed by atoms with Crippen LogP contribution in [0.1, 0.15) is 25.7 Å². The molecule has 0 spiro atoms. The Labute approximate surface area is 98.6 Å². The van der Waals surface area contributed by atoms with Gasteiger partial charge in [-0.25, -0.2) is 0 Å². The summed E-state index contributed by atoms with van der Waals surface area (Å²) in [6, 6.07) is 0. The van der Waals surface area contributed by atoms with Crippen molar-refractivity contribution in [2.75, 3.05) is 52.7 Å². The lowest BCUT2D eigenvalue weighted by atomic mass is 10.2. The summed E-state index contributed by atoms with van der Waals surface area (Å²) in [7, 11) is 0. The predicted octanol–water partition coefficient (Wildman–Crippen LogP) is 1.20. The third-order valence-corrected chi connectivity index (χ3v) is 2.55. The lowest BCUT2D eigenvalue weighted by Gasteiger charge is -2.09. The van der Waals surface area contributed by atoms with Gasteiger partial charge in [-0.15, -0.1) is 0 Å². The molecule has 0 aliphatic carbocycles. The highest BCUT2D eigenvalue weighted by atomic mass is 16.5. The summed E-state index contributed by atoms with van der Waals surface area (Å²) in [6.07, 6.45) is 4.81. The Morgan fingerprint density at radius 2 is 1.00 bits per heavy atom. The van der Waals surface area contributed by atoms with Gasteiger partial charge < -0.3 is 19.5 Å². The van der Waals surface area contributed by atoms with E-state index in [1.165, 1.54) is 19.3 Å². The summed E-state index contributed by atoms with van der Waals surface area (Å²) in [5.41, 5.74) is 0. The molecule has 1 aliphatic rings. The molecule has 0 unspecified atom stereocenters. The molecule has 0 saturated carbocycles. The van der Waals surface area contributed by atoms with Crippen LogP contribution in [-0.4, -0.2) is 52.7 Å². The number of nitrogens with one attached hydrogen (secondary N) is 1. The van der Waals surface area contributed by atoms with Gasteiger partial charge in [-0.05, 0) is 12.8 Å². The van der Waals surface area contributed by atoms with Crippen molar-refractivity contribution < 1.29 is 14.2 Å². The zero-order valence-electron chi connectivity index (χ0n) is 10.2. The molecule has 1 saturated heterocycles. The van der Waals surface area contributed by atoms with Crippen LogP contribution in [-0.2, 0) is 14.2 Å². The first-order valence-electron chi connectivity index (χ1n) is 6.44. The summed E-state index contributed by atoms with van der Waals surface area (Å²) >= 11 is 0. The SMILES string of the molecule is C1CCCOCCOCCNCCOCC1. The maximum Gasteiger partial charge on any atom is 0.0701 e. The molecule has 16 heavy (non-hydrogen) atoms. The topological polar surface area (TPSA) is 39.7 Å². The van der Waals surface area contributed by atoms with Crippen molar-refractivity contribution in [1.82, 2.24) is 5.32 Å². The smallest absolute Gasteiger partial charge is 0.0701 e. The van der Waals surface area contributed by atoms with Gasteiger partial charge in [0.2, 0.25) is 0 Å². The molecule has 4 nitrogen and oxygen atoms in total. The Kier molecular flexibility index (Phi) is 9.84. The standard InChI is InChI=1S/C12H25NO3/c1-2-4-8-15-11-12-16-10-6-13-5-9-14-7-3-1/h13H,1-12H2. The summed E-state index contributed by atoms with van der Waals surface area (Å²) < 4.78 is 16.4. The molecule has 0 radical (unpaired) electrons. The van der Waals surface area contributed by atoms with Crippen molar-refractivity contribution in [3.05, 3.63) is 0 Å². The fourth-order valence-corrected chi connectivity index (χ4v) is 1.60. The average molecular weight is 231 g/mol. The molecule has 1 N–H and O–H groups in total. The van der Waals surface area contributed by atoms with Gasteiger partial charge in [0.15, 0.2) is 0 Å². The lowest BCUT2D eigenvalue weighted by Crippen LogP contribution is -2.24. The van der Waals surface area contributed by atoms with Crippen LogP contribution in [0.25, 0.3) is 0 Å². The van der Waals surface area contributed by atoms with Crippen LogP contribution in [0.4, 0.5) is 0 Å². The third-order valence-electron chi connectivity index (χ3n) is 2.55. The fourth-order valence-electron chi connectivity index (χ4n) is 1.60. The van der Waals surface area contributed by atoms with Crippen molar-refractivity contribution in [1.29, 1.82) is 0 Å². The van der Waals surface area contributed by atoms with Crippen LogP contribution < -0.4 is 5.32 Å². The predicted molar refractivity (Wildman–Crippen MR) is 63.8 cm³/mol. The number of rotatable bonds is 0. The summed E-state index contributed by atoms with van der Waals surface area (Å²) in [6.45, 7) is 6.55. The fraction of sp³-hybridized carbons (Fsp3) is 1.00. The van der Waals surface area contributed by atoms with Crippen LogP contribution in [0.3, 0.4) is 0 Å². The summed E-state index contributed by atoms with van der Waals surface area (Å²) in [4.78, 5) is 0. The molecule has 4 heteroatoms. The van der Waals surface area contributed by atoms with Crippen molar-refractivity contribution in [2.45, 2.75) is 25.7 Å². The zero-order valence-corrected chi connectivity index (χ0v) is 10.2. The molecule has 1 aliphatic heterocycles. The number of ether oxygens (including phenoxy) is 3. The van der Waals surface area contributed by atoms with E-state index in [1.54, 1.807) is 0 Å². The molecule has 0 atom stereocenters. The first kappa shape index (κ1) is 13.9. The van der Waals surface area contributed by atoms with Gasteiger partial charge in [-0.1, -0.05) is 12.8 Å². The Bertz CT molecular complexity index is 80.2. The van der Waals surface area contributed by atoms with Gasteiger partial charge in [-0.2, -0.15) is 0 Å². The normalized spacial score (nSPS) is 24.0. The Morgan fingerprint density at radius 1 is 0.500 bits per heavy atom. The molecule has 0 aromatic carbocycles. The van der Waals surface area contributed by atoms with Crippen LogP contribution in [0.5, 0.6) is 0 Å². The highest BCUT2D eigenvalue weighted by molar-refractivity contribution is 4.47. The van der Waals surface area contributed by atoms with Gasteiger partial charge in [0.05, 0.1) is 26.4 Å². The van der Waals surface area contributed by atoms with E-state index in [2.05, 4.69) is 5.32 Å². The van der Waals surface area contributed by atoms with Crippen molar-refractivity contribution in [2.24, 2.45) is 0 Å². The molecule has 0 aromatic rings. The van der Waals surface area contributed by atoms with E-state index in [0.29, 0.717) is 6.61 Å². The van der Waals surface area contributed by atoms with E-state index in [4.69, 9.17) is 14.2 Å². The molecule has 0 aromatic heterocycles. The Balaban J connectivity index is 2.00. The van der Waals surface area contributed by atoms with E-state index in [0.717, 1.165) is 52.5 Å². The average Bonchev–Trinajstić information content (AvgIpc) is 2.29. The van der Waals surface area contributed by atoms with Gasteiger partial charge in [-0.3, -0.25) is 0 Å². The third kappa shape index (κ3) is 9.09. The van der Waals surface area contributed by atoms with Crippen molar-refractivity contribution in [3.8, 4) is 0 Å². The molecule has 0 amide bonds. The Hall–Kier alpha value is -0.160. The second kappa shape index (κ2) is 11.3. The summed E-state index contributed by atoms with van der Waals surface area (Å²) in [5.74, 6) is 0. The van der Waals surface area contributed by atoms with E-state index in [9.17, 15) is 0 Å². The van der Waals surface area contributed by atoms with Crippen LogP contribution >= 0.6 is 0 Å². The highest BCUT2D eigenvalue weighted by Gasteiger charge is 1.95. The summed E-state index contributed by atoms with van der Waals surface area (Å²) in [5, 5.41) is 3.28. The maximum absolute atomic E-state index is 5.50. The Morgan fingerprint density at radius 3 is 1.62 bits per heavy atom. The van der Waals surface area contributed by atoms with Crippen molar-refractivity contribution in [3.63, 3.8) is 0 Å². The molecule has 0 bridgehead atoms. The minimum absolute atomic E-state index is 0.707. The van der Waals surface area contributed by atoms with Crippen LogP contribution in [0, 0.1) is 0 Å². The molecule has 1 fully saturated rings. The van der Waals surface area contributed by atoms with E-state index >= 15 is 0 Å². The van der Waals surface area contributed by atoms with Gasteiger partial charge in [0, 0.05) is 26.3 Å². The van der Waals surface area contributed by atoms with Gasteiger partial charge >= 0.3 is 0 Å². The number of hydrogen-bond donors (Lipinski definition) is 1. The van der Waals surface area contributed by atoms with Crippen LogP contribution in [0.15, 0.2) is 0 Å².